The van der Waals surface area contributed by atoms with Crippen LogP contribution >= 0.6 is 0 Å². The minimum atomic E-state index is 0.640. The lowest BCUT2D eigenvalue weighted by Gasteiger charge is -2.16. The highest BCUT2D eigenvalue weighted by molar-refractivity contribution is 6.27. The average molecular weight is 1470 g/mol. The van der Waals surface area contributed by atoms with Crippen molar-refractivity contribution in [1.29, 1.82) is 0 Å². The number of benzene rings is 20. The van der Waals surface area contributed by atoms with Crippen LogP contribution in [0.5, 0.6) is 0 Å². The first kappa shape index (κ1) is 66.0. The lowest BCUT2D eigenvalue weighted by atomic mass is 9.88. The minimum Gasteiger partial charge on any atom is -0.310 e. The summed E-state index contributed by atoms with van der Waals surface area (Å²) in [5.74, 6) is 0. The van der Waals surface area contributed by atoms with Crippen LogP contribution < -0.4 is 0 Å². The number of fused-ring (bicyclic) bond motifs is 9. The van der Waals surface area contributed by atoms with Gasteiger partial charge in [0.15, 0.2) is 11.4 Å². The van der Waals surface area contributed by atoms with Crippen LogP contribution in [0.25, 0.3) is 240 Å². The summed E-state index contributed by atoms with van der Waals surface area (Å²) in [7, 11) is 0. The van der Waals surface area contributed by atoms with Crippen LogP contribution in [-0.4, -0.2) is 19.1 Å². The molecule has 4 heterocycles. The number of hydrogen-bond acceptors (Lipinski definition) is 2. The molecule has 0 unspecified atom stereocenters. The number of hydrogen-bond donors (Lipinski definition) is 0. The number of aromatic nitrogens is 4. The minimum absolute atomic E-state index is 0.640. The van der Waals surface area contributed by atoms with Gasteiger partial charge in [0.2, 0.25) is 0 Å². The fourth-order valence-electron chi connectivity index (χ4n) is 18.6. The first-order valence-corrected chi connectivity index (χ1v) is 39.3. The van der Waals surface area contributed by atoms with Gasteiger partial charge in [-0.15, -0.1) is 0 Å². The molecule has 0 atom stereocenters. The SMILES string of the molecule is [C-]#[N+]c1ccc2c3ccc(-c4ccc(-c5cc6ccc7cc(-c8ccccn8)cc8ccc(c5)c6c78)c5ccccc45)cc3n(-c3ccccc3)c2c1.[C-]#[N+]c1ccc2c3ccc(-c4ccc5cc(-c6cc7ccc8cc(-c9ccc(-c%10cccc%11cccnc%10%11)cc9)cc9ccc(c6)c7c89)ccc5c4)cc3n(-c3ccccc3)c2c1. The maximum absolute atomic E-state index is 7.67. The molecule has 0 bridgehead atoms. The van der Waals surface area contributed by atoms with Crippen LogP contribution in [-0.2, 0) is 0 Å². The molecule has 0 amide bonds. The van der Waals surface area contributed by atoms with Gasteiger partial charge < -0.3 is 9.13 Å². The zero-order chi connectivity index (χ0) is 76.6. The van der Waals surface area contributed by atoms with E-state index < -0.39 is 0 Å². The molecule has 6 nitrogen and oxygen atoms in total. The van der Waals surface area contributed by atoms with E-state index in [4.69, 9.17) is 13.1 Å². The predicted molar refractivity (Wildman–Crippen MR) is 488 cm³/mol. The number of rotatable bonds is 9. The van der Waals surface area contributed by atoms with Crippen LogP contribution in [0.3, 0.4) is 0 Å². The summed E-state index contributed by atoms with van der Waals surface area (Å²) in [6, 6.07) is 136. The Morgan fingerprint density at radius 1 is 0.207 bits per heavy atom. The van der Waals surface area contributed by atoms with Crippen LogP contribution in [0.2, 0.25) is 0 Å². The summed E-state index contributed by atoms with van der Waals surface area (Å²) >= 11 is 0. The van der Waals surface area contributed by atoms with Gasteiger partial charge in [-0.3, -0.25) is 9.97 Å². The summed E-state index contributed by atoms with van der Waals surface area (Å²) < 4.78 is 4.58. The van der Waals surface area contributed by atoms with E-state index in [0.29, 0.717) is 11.4 Å². The number of nitrogens with zero attached hydrogens (tertiary/aromatic N) is 6. The molecule has 6 heteroatoms. The Kier molecular flexibility index (Phi) is 15.0. The van der Waals surface area contributed by atoms with Crippen molar-refractivity contribution in [1.82, 2.24) is 19.1 Å². The highest BCUT2D eigenvalue weighted by atomic mass is 15.0. The van der Waals surface area contributed by atoms with E-state index in [2.05, 4.69) is 350 Å². The van der Waals surface area contributed by atoms with Gasteiger partial charge in [-0.2, -0.15) is 0 Å². The van der Waals surface area contributed by atoms with Gasteiger partial charge in [0.25, 0.3) is 0 Å². The van der Waals surface area contributed by atoms with E-state index >= 15 is 0 Å². The van der Waals surface area contributed by atoms with E-state index in [1.165, 1.54) is 147 Å². The highest BCUT2D eigenvalue weighted by Gasteiger charge is 2.22. The second-order valence-corrected chi connectivity index (χ2v) is 30.5. The fourth-order valence-corrected chi connectivity index (χ4v) is 18.6. The van der Waals surface area contributed by atoms with Gasteiger partial charge in [0.1, 0.15) is 0 Å². The molecule has 534 valence electrons. The van der Waals surface area contributed by atoms with Crippen molar-refractivity contribution in [2.24, 2.45) is 0 Å². The smallest absolute Gasteiger partial charge is 0.189 e. The van der Waals surface area contributed by atoms with Gasteiger partial charge in [-0.25, -0.2) is 9.69 Å². The van der Waals surface area contributed by atoms with Crippen molar-refractivity contribution >= 4 is 152 Å². The van der Waals surface area contributed by atoms with E-state index in [1.807, 2.05) is 67.0 Å². The normalized spacial score (nSPS) is 11.8. The zero-order valence-corrected chi connectivity index (χ0v) is 62.6. The van der Waals surface area contributed by atoms with Gasteiger partial charge in [-0.1, -0.05) is 249 Å². The van der Waals surface area contributed by atoms with E-state index in [-0.39, 0.29) is 0 Å². The molecule has 4 aromatic heterocycles. The quantitative estimate of drug-likeness (QED) is 0.107. The molecule has 0 N–H and O–H groups in total. The Labute approximate surface area is 667 Å². The fraction of sp³-hybridized carbons (Fsp3) is 0. The molecule has 0 saturated carbocycles. The van der Waals surface area contributed by atoms with Crippen molar-refractivity contribution in [3.05, 3.63) is 411 Å². The molecule has 24 aromatic rings. The Morgan fingerprint density at radius 2 is 0.578 bits per heavy atom. The van der Waals surface area contributed by atoms with Crippen molar-refractivity contribution in [2.75, 3.05) is 0 Å². The van der Waals surface area contributed by atoms with Gasteiger partial charge in [0.05, 0.1) is 35.4 Å². The molecule has 0 aliphatic carbocycles. The van der Waals surface area contributed by atoms with Crippen LogP contribution in [0, 0.1) is 13.1 Å². The maximum atomic E-state index is 7.67. The third-order valence-corrected chi connectivity index (χ3v) is 24.0. The summed E-state index contributed by atoms with van der Waals surface area (Å²) in [5.41, 5.74) is 25.2. The molecule has 116 heavy (non-hydrogen) atoms. The Morgan fingerprint density at radius 3 is 1.09 bits per heavy atom. The monoisotopic (exact) mass is 1470 g/mol. The molecule has 24 rings (SSSR count). The molecule has 0 spiro atoms. The molecule has 0 radical (unpaired) electrons. The van der Waals surface area contributed by atoms with Gasteiger partial charge in [0, 0.05) is 72.9 Å². The van der Waals surface area contributed by atoms with E-state index in [0.717, 1.165) is 83.1 Å². The van der Waals surface area contributed by atoms with E-state index in [1.54, 1.807) is 0 Å². The Hall–Kier alpha value is -15.9. The van der Waals surface area contributed by atoms with Crippen LogP contribution in [0.4, 0.5) is 11.4 Å². The molecule has 0 fully saturated rings. The van der Waals surface area contributed by atoms with Crippen molar-refractivity contribution < 1.29 is 0 Å². The summed E-state index contributed by atoms with van der Waals surface area (Å²) in [6.45, 7) is 15.3. The van der Waals surface area contributed by atoms with Crippen molar-refractivity contribution in [3.8, 4) is 89.4 Å². The second-order valence-electron chi connectivity index (χ2n) is 30.5. The molecular weight excluding hydrogens is 1410 g/mol. The number of para-hydroxylation sites is 3. The summed E-state index contributed by atoms with van der Waals surface area (Å²) in [4.78, 5) is 16.8. The lowest BCUT2D eigenvalue weighted by Crippen LogP contribution is -1.93. The predicted octanol–water partition coefficient (Wildman–Crippen LogP) is 30.4. The molecule has 0 saturated heterocycles. The average Bonchev–Trinajstić information content (AvgIpc) is 0.841. The Balaban J connectivity index is 0.000000139. The molecule has 0 aliphatic rings. The Bertz CT molecular complexity index is 8130. The third kappa shape index (κ3) is 10.8. The van der Waals surface area contributed by atoms with Crippen molar-refractivity contribution in [2.45, 2.75) is 0 Å². The molecule has 0 aliphatic heterocycles. The topological polar surface area (TPSA) is 44.4 Å². The summed E-state index contributed by atoms with van der Waals surface area (Å²) in [5, 5.41) is 25.9. The standard InChI is InChI=1S/C60H35N3.C50H29N3/c1-61-51-25-27-55-54-26-24-44(35-56(54)63(57(55)36-51)52-9-3-2-4-10-52)42-17-16-41-30-43(19-18-40(41)29-42)50-33-47-22-20-45-31-49(32-46-21-23-48(34-50)59(47)58(45)46)37-12-14-38(15-13-37)53-11-5-7-39-8-6-28-62-60(39)53;1-51-38-19-21-45-44-20-18-31(29-47(44)53(48(45)30-38)39-9-3-2-4-10-39)40-22-23-41(43-12-6-5-11-42(40)43)36-25-32-14-16-34-27-37(46-13-7-8-24-52-46)28-35-17-15-33(26-36)49(32)50(34)35/h2-36H;2-30H. The molecule has 20 aromatic carbocycles. The largest absolute Gasteiger partial charge is 0.310 e. The first-order chi connectivity index (χ1) is 57.3. The maximum Gasteiger partial charge on any atom is 0.189 e. The zero-order valence-electron chi connectivity index (χ0n) is 62.6. The van der Waals surface area contributed by atoms with Gasteiger partial charge >= 0.3 is 0 Å². The van der Waals surface area contributed by atoms with Crippen LogP contribution in [0.1, 0.15) is 0 Å². The summed E-state index contributed by atoms with van der Waals surface area (Å²) in [6.07, 6.45) is 3.72. The lowest BCUT2D eigenvalue weighted by molar-refractivity contribution is 1.18. The second kappa shape index (κ2) is 26.4. The van der Waals surface area contributed by atoms with E-state index in [9.17, 15) is 0 Å². The van der Waals surface area contributed by atoms with Crippen molar-refractivity contribution in [3.63, 3.8) is 0 Å². The van der Waals surface area contributed by atoms with Gasteiger partial charge in [-0.05, 0) is 275 Å². The number of pyridine rings is 2. The van der Waals surface area contributed by atoms with Crippen LogP contribution in [0.15, 0.2) is 389 Å². The third-order valence-electron chi connectivity index (χ3n) is 24.0. The molecular formula is C110H64N6. The first-order valence-electron chi connectivity index (χ1n) is 39.3. The highest BCUT2D eigenvalue weighted by Crippen LogP contribution is 2.47.